The number of nitrogens with zero attached hydrogens (tertiary/aromatic N) is 2. The smallest absolute Gasteiger partial charge is 0.303 e. The average molecular weight is 348 g/mol. The lowest BCUT2D eigenvalue weighted by Crippen LogP contribution is -2.31. The number of benzene rings is 2. The van der Waals surface area contributed by atoms with E-state index in [1.54, 1.807) is 0 Å². The molecule has 0 aliphatic carbocycles. The molecule has 0 radical (unpaired) electrons. The normalized spacial score (nSPS) is 16.7. The molecule has 1 unspecified atom stereocenters. The first-order chi connectivity index (χ1) is 12.6. The molecule has 132 valence electrons. The Bertz CT molecular complexity index is 829. The van der Waals surface area contributed by atoms with E-state index in [9.17, 15) is 9.59 Å². The molecule has 0 bridgehead atoms. The SMILES string of the molecule is O=C(O)CCC(=O)N1N=C(c2ccccc2)CC1C=Cc1ccccc1. The molecule has 1 atom stereocenters. The van der Waals surface area contributed by atoms with Gasteiger partial charge in [-0.25, -0.2) is 5.01 Å². The van der Waals surface area contributed by atoms with Crippen molar-refractivity contribution in [1.82, 2.24) is 5.01 Å². The molecule has 0 fully saturated rings. The van der Waals surface area contributed by atoms with Crippen LogP contribution in [-0.4, -0.2) is 33.7 Å². The number of rotatable bonds is 6. The summed E-state index contributed by atoms with van der Waals surface area (Å²) in [5.74, 6) is -1.26. The first-order valence-corrected chi connectivity index (χ1v) is 8.53. The van der Waals surface area contributed by atoms with Crippen molar-refractivity contribution < 1.29 is 14.7 Å². The van der Waals surface area contributed by atoms with Gasteiger partial charge in [-0.05, 0) is 11.1 Å². The number of carbonyl (C=O) groups is 2. The van der Waals surface area contributed by atoms with Crippen molar-refractivity contribution in [2.75, 3.05) is 0 Å². The maximum atomic E-state index is 12.5. The van der Waals surface area contributed by atoms with Crippen molar-refractivity contribution in [2.45, 2.75) is 25.3 Å². The minimum atomic E-state index is -0.985. The summed E-state index contributed by atoms with van der Waals surface area (Å²) in [6.07, 6.45) is 4.27. The molecular weight excluding hydrogens is 328 g/mol. The maximum Gasteiger partial charge on any atom is 0.303 e. The summed E-state index contributed by atoms with van der Waals surface area (Å²) in [5.41, 5.74) is 2.84. The van der Waals surface area contributed by atoms with Crippen LogP contribution in [0.25, 0.3) is 6.08 Å². The average Bonchev–Trinajstić information content (AvgIpc) is 3.10. The van der Waals surface area contributed by atoms with Gasteiger partial charge in [0, 0.05) is 12.8 Å². The molecule has 0 spiro atoms. The summed E-state index contributed by atoms with van der Waals surface area (Å²) < 4.78 is 0. The van der Waals surface area contributed by atoms with Crippen LogP contribution >= 0.6 is 0 Å². The number of aliphatic carboxylic acids is 1. The summed E-state index contributed by atoms with van der Waals surface area (Å²) in [6.45, 7) is 0. The Balaban J connectivity index is 1.81. The first kappa shape index (κ1) is 17.6. The quantitative estimate of drug-likeness (QED) is 0.867. The zero-order valence-electron chi connectivity index (χ0n) is 14.3. The van der Waals surface area contributed by atoms with Crippen LogP contribution < -0.4 is 0 Å². The Morgan fingerprint density at radius 2 is 1.69 bits per heavy atom. The van der Waals surface area contributed by atoms with Crippen molar-refractivity contribution in [3.05, 3.63) is 77.9 Å². The molecule has 0 saturated carbocycles. The Morgan fingerprint density at radius 1 is 1.04 bits per heavy atom. The highest BCUT2D eigenvalue weighted by molar-refractivity contribution is 6.03. The van der Waals surface area contributed by atoms with E-state index in [4.69, 9.17) is 5.11 Å². The zero-order chi connectivity index (χ0) is 18.4. The van der Waals surface area contributed by atoms with E-state index in [1.165, 1.54) is 5.01 Å². The number of amides is 1. The fraction of sp³-hybridized carbons (Fsp3) is 0.190. The predicted molar refractivity (Wildman–Crippen MR) is 101 cm³/mol. The van der Waals surface area contributed by atoms with Crippen LogP contribution in [0, 0.1) is 0 Å². The van der Waals surface area contributed by atoms with Gasteiger partial charge in [-0.15, -0.1) is 0 Å². The molecule has 5 heteroatoms. The fourth-order valence-corrected chi connectivity index (χ4v) is 2.84. The van der Waals surface area contributed by atoms with Gasteiger partial charge in [-0.3, -0.25) is 9.59 Å². The van der Waals surface area contributed by atoms with E-state index < -0.39 is 5.97 Å². The van der Waals surface area contributed by atoms with Gasteiger partial charge >= 0.3 is 5.97 Å². The Labute approximate surface area is 152 Å². The molecule has 1 aliphatic heterocycles. The largest absolute Gasteiger partial charge is 0.481 e. The van der Waals surface area contributed by atoms with E-state index >= 15 is 0 Å². The first-order valence-electron chi connectivity index (χ1n) is 8.53. The summed E-state index contributed by atoms with van der Waals surface area (Å²) in [6, 6.07) is 19.3. The molecular formula is C21H20N2O3. The van der Waals surface area contributed by atoms with Crippen LogP contribution in [0.4, 0.5) is 0 Å². The lowest BCUT2D eigenvalue weighted by atomic mass is 10.0. The molecule has 1 amide bonds. The van der Waals surface area contributed by atoms with Gasteiger partial charge in [-0.2, -0.15) is 5.10 Å². The maximum absolute atomic E-state index is 12.5. The molecule has 1 N–H and O–H groups in total. The molecule has 1 heterocycles. The fourth-order valence-electron chi connectivity index (χ4n) is 2.84. The molecule has 2 aromatic rings. The highest BCUT2D eigenvalue weighted by atomic mass is 16.4. The summed E-state index contributed by atoms with van der Waals surface area (Å²) >= 11 is 0. The molecule has 26 heavy (non-hydrogen) atoms. The monoisotopic (exact) mass is 348 g/mol. The minimum Gasteiger partial charge on any atom is -0.481 e. The highest BCUT2D eigenvalue weighted by Crippen LogP contribution is 2.23. The van der Waals surface area contributed by atoms with Gasteiger partial charge in [0.25, 0.3) is 0 Å². The Kier molecular flexibility index (Phi) is 5.59. The standard InChI is InChI=1S/C21H20N2O3/c24-20(13-14-21(25)26)23-18(12-11-16-7-3-1-4-8-16)15-19(22-23)17-9-5-2-6-10-17/h1-12,18H,13-15H2,(H,25,26). The van der Waals surface area contributed by atoms with Gasteiger partial charge in [-0.1, -0.05) is 72.8 Å². The summed E-state index contributed by atoms with van der Waals surface area (Å²) in [4.78, 5) is 23.2. The number of carboxylic acid groups (broad SMARTS) is 1. The minimum absolute atomic E-state index is 0.0589. The number of carboxylic acids is 1. The van der Waals surface area contributed by atoms with Crippen molar-refractivity contribution in [1.29, 1.82) is 0 Å². The molecule has 2 aromatic carbocycles. The zero-order valence-corrected chi connectivity index (χ0v) is 14.3. The van der Waals surface area contributed by atoms with E-state index in [-0.39, 0.29) is 24.8 Å². The van der Waals surface area contributed by atoms with Gasteiger partial charge in [0.1, 0.15) is 0 Å². The van der Waals surface area contributed by atoms with Crippen LogP contribution in [0.3, 0.4) is 0 Å². The van der Waals surface area contributed by atoms with E-state index in [1.807, 2.05) is 72.8 Å². The third-order valence-electron chi connectivity index (χ3n) is 4.17. The van der Waals surface area contributed by atoms with E-state index in [0.717, 1.165) is 16.8 Å². The molecule has 5 nitrogen and oxygen atoms in total. The second-order valence-corrected chi connectivity index (χ2v) is 6.09. The number of hydrazone groups is 1. The van der Waals surface area contributed by atoms with E-state index in [0.29, 0.717) is 6.42 Å². The van der Waals surface area contributed by atoms with Crippen LogP contribution in [0.2, 0.25) is 0 Å². The topological polar surface area (TPSA) is 70.0 Å². The second kappa shape index (κ2) is 8.25. The van der Waals surface area contributed by atoms with Crippen molar-refractivity contribution in [2.24, 2.45) is 5.10 Å². The Morgan fingerprint density at radius 3 is 2.35 bits per heavy atom. The predicted octanol–water partition coefficient (Wildman–Crippen LogP) is 3.57. The van der Waals surface area contributed by atoms with Gasteiger partial charge in [0.2, 0.25) is 5.91 Å². The van der Waals surface area contributed by atoms with Gasteiger partial charge < -0.3 is 5.11 Å². The van der Waals surface area contributed by atoms with Crippen LogP contribution in [0.15, 0.2) is 71.8 Å². The second-order valence-electron chi connectivity index (χ2n) is 6.09. The van der Waals surface area contributed by atoms with E-state index in [2.05, 4.69) is 5.10 Å². The molecule has 1 aliphatic rings. The van der Waals surface area contributed by atoms with Crippen molar-refractivity contribution in [3.8, 4) is 0 Å². The summed E-state index contributed by atoms with van der Waals surface area (Å²) in [7, 11) is 0. The Hall–Kier alpha value is -3.21. The lowest BCUT2D eigenvalue weighted by molar-refractivity contribution is -0.141. The van der Waals surface area contributed by atoms with Crippen LogP contribution in [0.1, 0.15) is 30.4 Å². The van der Waals surface area contributed by atoms with Gasteiger partial charge in [0.05, 0.1) is 18.2 Å². The number of hydrogen-bond donors (Lipinski definition) is 1. The van der Waals surface area contributed by atoms with Crippen molar-refractivity contribution in [3.63, 3.8) is 0 Å². The lowest BCUT2D eigenvalue weighted by Gasteiger charge is -2.18. The molecule has 0 saturated heterocycles. The molecule has 0 aromatic heterocycles. The molecule has 3 rings (SSSR count). The van der Waals surface area contributed by atoms with Crippen LogP contribution in [-0.2, 0) is 9.59 Å². The van der Waals surface area contributed by atoms with Gasteiger partial charge in [0.15, 0.2) is 0 Å². The number of hydrogen-bond acceptors (Lipinski definition) is 3. The third-order valence-corrected chi connectivity index (χ3v) is 4.17. The van der Waals surface area contributed by atoms with Crippen LogP contribution in [0.5, 0.6) is 0 Å². The number of carbonyl (C=O) groups excluding carboxylic acids is 1. The highest BCUT2D eigenvalue weighted by Gasteiger charge is 2.30. The summed E-state index contributed by atoms with van der Waals surface area (Å²) in [5, 5.41) is 14.7. The third kappa shape index (κ3) is 4.45. The van der Waals surface area contributed by atoms with Crippen molar-refractivity contribution >= 4 is 23.7 Å².